The largest absolute Gasteiger partial charge is 0.331 e. The van der Waals surface area contributed by atoms with Crippen LogP contribution in [0.2, 0.25) is 5.02 Å². The van der Waals surface area contributed by atoms with E-state index >= 15 is 0 Å². The third kappa shape index (κ3) is 1.57. The predicted molar refractivity (Wildman–Crippen MR) is 59.1 cm³/mol. The van der Waals surface area contributed by atoms with Gasteiger partial charge in [0.1, 0.15) is 0 Å². The standard InChI is InChI=1S/C11H11ClN2O/c12-7-3-4-9-8(5-7)10(6-1-2-6)14-11(15)13-9/h3-6,10H,1-2H2,(H2,13,14,15). The van der Waals surface area contributed by atoms with Crippen molar-refractivity contribution in [3.63, 3.8) is 0 Å². The molecule has 2 amide bonds. The first-order valence-electron chi connectivity index (χ1n) is 5.11. The zero-order chi connectivity index (χ0) is 10.4. The van der Waals surface area contributed by atoms with Crippen LogP contribution in [0.15, 0.2) is 18.2 Å². The molecule has 1 fully saturated rings. The molecule has 0 spiro atoms. The number of hydrogen-bond acceptors (Lipinski definition) is 1. The van der Waals surface area contributed by atoms with Gasteiger partial charge in [-0.1, -0.05) is 11.6 Å². The van der Waals surface area contributed by atoms with Crippen LogP contribution in [-0.2, 0) is 0 Å². The van der Waals surface area contributed by atoms with Gasteiger partial charge >= 0.3 is 6.03 Å². The zero-order valence-electron chi connectivity index (χ0n) is 8.09. The Kier molecular flexibility index (Phi) is 1.89. The van der Waals surface area contributed by atoms with Crippen molar-refractivity contribution in [3.05, 3.63) is 28.8 Å². The second kappa shape index (κ2) is 3.14. The van der Waals surface area contributed by atoms with Gasteiger partial charge < -0.3 is 10.6 Å². The monoisotopic (exact) mass is 222 g/mol. The van der Waals surface area contributed by atoms with Crippen LogP contribution in [0.5, 0.6) is 0 Å². The average Bonchev–Trinajstić information content (AvgIpc) is 3.01. The van der Waals surface area contributed by atoms with Gasteiger partial charge in [0.05, 0.1) is 6.04 Å². The molecule has 2 N–H and O–H groups in total. The third-order valence-corrected chi connectivity index (χ3v) is 3.21. The fourth-order valence-electron chi connectivity index (χ4n) is 2.08. The van der Waals surface area contributed by atoms with E-state index in [1.54, 1.807) is 6.07 Å². The van der Waals surface area contributed by atoms with Crippen LogP contribution in [0.25, 0.3) is 0 Å². The molecule has 1 aliphatic carbocycles. The molecule has 1 atom stereocenters. The summed E-state index contributed by atoms with van der Waals surface area (Å²) in [6.45, 7) is 0. The first kappa shape index (κ1) is 9.04. The van der Waals surface area contributed by atoms with Crippen molar-refractivity contribution in [1.82, 2.24) is 5.32 Å². The summed E-state index contributed by atoms with van der Waals surface area (Å²) in [6.07, 6.45) is 2.38. The van der Waals surface area contributed by atoms with Crippen molar-refractivity contribution in [2.45, 2.75) is 18.9 Å². The van der Waals surface area contributed by atoms with Crippen molar-refractivity contribution in [1.29, 1.82) is 0 Å². The molecule has 4 heteroatoms. The summed E-state index contributed by atoms with van der Waals surface area (Å²) in [5, 5.41) is 6.46. The van der Waals surface area contributed by atoms with Gasteiger partial charge in [0.2, 0.25) is 0 Å². The quantitative estimate of drug-likeness (QED) is 0.754. The molecular formula is C11H11ClN2O. The molecule has 2 aliphatic rings. The molecule has 0 bridgehead atoms. The first-order valence-corrected chi connectivity index (χ1v) is 5.49. The molecule has 0 saturated heterocycles. The Bertz CT molecular complexity index is 429. The highest BCUT2D eigenvalue weighted by Crippen LogP contribution is 2.44. The molecule has 1 aromatic rings. The maximum absolute atomic E-state index is 11.4. The van der Waals surface area contributed by atoms with E-state index in [9.17, 15) is 4.79 Å². The minimum Gasteiger partial charge on any atom is -0.331 e. The number of carbonyl (C=O) groups is 1. The third-order valence-electron chi connectivity index (χ3n) is 2.98. The number of carbonyl (C=O) groups excluding carboxylic acids is 1. The Morgan fingerprint density at radius 1 is 1.33 bits per heavy atom. The Hall–Kier alpha value is -1.22. The van der Waals surface area contributed by atoms with Gasteiger partial charge in [0.15, 0.2) is 0 Å². The Balaban J connectivity index is 2.06. The van der Waals surface area contributed by atoms with Crippen LogP contribution in [0.4, 0.5) is 10.5 Å². The number of anilines is 1. The van der Waals surface area contributed by atoms with Crippen molar-refractivity contribution in [2.24, 2.45) is 5.92 Å². The van der Waals surface area contributed by atoms with E-state index in [2.05, 4.69) is 10.6 Å². The zero-order valence-corrected chi connectivity index (χ0v) is 8.84. The van der Waals surface area contributed by atoms with Crippen molar-refractivity contribution >= 4 is 23.3 Å². The van der Waals surface area contributed by atoms with Crippen LogP contribution < -0.4 is 10.6 Å². The van der Waals surface area contributed by atoms with Gasteiger partial charge in [0.25, 0.3) is 0 Å². The molecule has 1 aliphatic heterocycles. The lowest BCUT2D eigenvalue weighted by atomic mass is 9.99. The molecule has 3 nitrogen and oxygen atoms in total. The van der Waals surface area contributed by atoms with Crippen LogP contribution in [0.1, 0.15) is 24.4 Å². The van der Waals surface area contributed by atoms with Crippen molar-refractivity contribution < 1.29 is 4.79 Å². The lowest BCUT2D eigenvalue weighted by Gasteiger charge is -2.27. The fraction of sp³-hybridized carbons (Fsp3) is 0.364. The van der Waals surface area contributed by atoms with E-state index in [0.717, 1.165) is 16.3 Å². The molecule has 15 heavy (non-hydrogen) atoms. The highest BCUT2D eigenvalue weighted by atomic mass is 35.5. The Labute approximate surface area is 92.8 Å². The number of rotatable bonds is 1. The first-order chi connectivity index (χ1) is 7.24. The minimum absolute atomic E-state index is 0.110. The molecule has 0 radical (unpaired) electrons. The molecule has 1 aromatic carbocycles. The fourth-order valence-corrected chi connectivity index (χ4v) is 2.26. The van der Waals surface area contributed by atoms with Gasteiger partial charge in [-0.25, -0.2) is 4.79 Å². The second-order valence-corrected chi connectivity index (χ2v) is 4.58. The van der Waals surface area contributed by atoms with Crippen molar-refractivity contribution in [3.8, 4) is 0 Å². The number of nitrogens with one attached hydrogen (secondary N) is 2. The van der Waals surface area contributed by atoms with Crippen LogP contribution in [0.3, 0.4) is 0 Å². The highest BCUT2D eigenvalue weighted by Gasteiger charge is 2.37. The molecule has 1 unspecified atom stereocenters. The minimum atomic E-state index is -0.110. The number of fused-ring (bicyclic) bond motifs is 1. The lowest BCUT2D eigenvalue weighted by molar-refractivity contribution is 0.245. The van der Waals surface area contributed by atoms with E-state index in [4.69, 9.17) is 11.6 Å². The Morgan fingerprint density at radius 3 is 2.87 bits per heavy atom. The van der Waals surface area contributed by atoms with Gasteiger partial charge in [0, 0.05) is 10.7 Å². The number of halogens is 1. The second-order valence-electron chi connectivity index (χ2n) is 4.15. The highest BCUT2D eigenvalue weighted by molar-refractivity contribution is 6.30. The van der Waals surface area contributed by atoms with Crippen molar-refractivity contribution in [2.75, 3.05) is 5.32 Å². The molecule has 0 aromatic heterocycles. The predicted octanol–water partition coefficient (Wildman–Crippen LogP) is 2.93. The van der Waals surface area contributed by atoms with Gasteiger partial charge in [-0.2, -0.15) is 0 Å². The molecule has 1 heterocycles. The van der Waals surface area contributed by atoms with E-state index in [1.165, 1.54) is 12.8 Å². The Morgan fingerprint density at radius 2 is 2.13 bits per heavy atom. The number of amides is 2. The maximum Gasteiger partial charge on any atom is 0.319 e. The van der Waals surface area contributed by atoms with E-state index in [0.29, 0.717) is 5.92 Å². The summed E-state index contributed by atoms with van der Waals surface area (Å²) in [6, 6.07) is 5.64. The van der Waals surface area contributed by atoms with Crippen LogP contribution in [0, 0.1) is 5.92 Å². The van der Waals surface area contributed by atoms with Crippen LogP contribution >= 0.6 is 11.6 Å². The van der Waals surface area contributed by atoms with Gasteiger partial charge in [-0.05, 0) is 42.5 Å². The SMILES string of the molecule is O=C1Nc2ccc(Cl)cc2C(C2CC2)N1. The number of hydrogen-bond donors (Lipinski definition) is 2. The topological polar surface area (TPSA) is 41.1 Å². The van der Waals surface area contributed by atoms with E-state index in [1.807, 2.05) is 12.1 Å². The summed E-state index contributed by atoms with van der Waals surface area (Å²) < 4.78 is 0. The smallest absolute Gasteiger partial charge is 0.319 e. The average molecular weight is 223 g/mol. The lowest BCUT2D eigenvalue weighted by Crippen LogP contribution is -2.38. The number of benzene rings is 1. The molecule has 78 valence electrons. The molecule has 1 saturated carbocycles. The summed E-state index contributed by atoms with van der Waals surface area (Å²) in [7, 11) is 0. The van der Waals surface area contributed by atoms with E-state index < -0.39 is 0 Å². The summed E-state index contributed by atoms with van der Waals surface area (Å²) in [5.74, 6) is 0.591. The summed E-state index contributed by atoms with van der Waals surface area (Å²) in [5.41, 5.74) is 2.00. The van der Waals surface area contributed by atoms with Gasteiger partial charge in [-0.15, -0.1) is 0 Å². The van der Waals surface area contributed by atoms with E-state index in [-0.39, 0.29) is 12.1 Å². The molecular weight excluding hydrogens is 212 g/mol. The van der Waals surface area contributed by atoms with Crippen LogP contribution in [-0.4, -0.2) is 6.03 Å². The normalized spacial score (nSPS) is 24.1. The number of urea groups is 1. The summed E-state index contributed by atoms with van der Waals surface area (Å²) in [4.78, 5) is 11.4. The summed E-state index contributed by atoms with van der Waals surface area (Å²) >= 11 is 5.96. The maximum atomic E-state index is 11.4. The molecule has 3 rings (SSSR count). The van der Waals surface area contributed by atoms with Gasteiger partial charge in [-0.3, -0.25) is 0 Å².